The van der Waals surface area contributed by atoms with Crippen LogP contribution in [0.3, 0.4) is 0 Å². The van der Waals surface area contributed by atoms with Crippen LogP contribution in [0.25, 0.3) is 10.9 Å². The third-order valence-corrected chi connectivity index (χ3v) is 2.85. The van der Waals surface area contributed by atoms with Crippen LogP contribution >= 0.6 is 0 Å². The van der Waals surface area contributed by atoms with Crippen molar-refractivity contribution in [2.75, 3.05) is 0 Å². The highest BCUT2D eigenvalue weighted by molar-refractivity contribution is 5.80. The van der Waals surface area contributed by atoms with Gasteiger partial charge in [-0.2, -0.15) is 0 Å². The number of aldehydes is 1. The van der Waals surface area contributed by atoms with Gasteiger partial charge >= 0.3 is 0 Å². The van der Waals surface area contributed by atoms with E-state index in [1.54, 1.807) is 0 Å². The van der Waals surface area contributed by atoms with Crippen LogP contribution in [0.5, 0.6) is 0 Å². The molecule has 0 unspecified atom stereocenters. The molecule has 1 aromatic heterocycles. The van der Waals surface area contributed by atoms with E-state index in [0.717, 1.165) is 17.5 Å². The number of carbonyl (C=O) groups is 1. The summed E-state index contributed by atoms with van der Waals surface area (Å²) in [5, 5.41) is 1.20. The van der Waals surface area contributed by atoms with Gasteiger partial charge in [0.15, 0.2) is 0 Å². The minimum absolute atomic E-state index is 0.110. The van der Waals surface area contributed by atoms with Gasteiger partial charge in [-0.15, -0.1) is 0 Å². The summed E-state index contributed by atoms with van der Waals surface area (Å²) in [4.78, 5) is 14.0. The Morgan fingerprint density at radius 1 is 1.33 bits per heavy atom. The summed E-state index contributed by atoms with van der Waals surface area (Å²) in [7, 11) is 0. The van der Waals surface area contributed by atoms with Crippen LogP contribution in [0, 0.1) is 0 Å². The maximum Gasteiger partial charge on any atom is 0.120 e. The lowest BCUT2D eigenvalue weighted by molar-refractivity contribution is -0.108. The van der Waals surface area contributed by atoms with Gasteiger partial charge in [0.2, 0.25) is 0 Å². The standard InChI is InChI=1S/C13H15NO/c1-13(2,7-8-15)12-9-10-5-3-4-6-11(10)14-12/h3-6,8-9,14H,7H2,1-2H3. The number of H-pyrrole nitrogens is 1. The number of nitrogens with one attached hydrogen (secondary N) is 1. The molecule has 0 radical (unpaired) electrons. The number of carbonyl (C=O) groups excluding carboxylic acids is 1. The Labute approximate surface area is 89.3 Å². The molecule has 78 valence electrons. The second-order valence-corrected chi connectivity index (χ2v) is 4.52. The molecule has 15 heavy (non-hydrogen) atoms. The predicted molar refractivity (Wildman–Crippen MR) is 62.0 cm³/mol. The molecule has 0 amide bonds. The molecule has 1 N–H and O–H groups in total. The van der Waals surface area contributed by atoms with Crippen molar-refractivity contribution in [1.29, 1.82) is 0 Å². The molecular weight excluding hydrogens is 186 g/mol. The van der Waals surface area contributed by atoms with Crippen LogP contribution < -0.4 is 0 Å². The molecule has 0 aliphatic rings. The first-order valence-electron chi connectivity index (χ1n) is 5.15. The lowest BCUT2D eigenvalue weighted by Gasteiger charge is -2.19. The largest absolute Gasteiger partial charge is 0.358 e. The molecule has 0 fully saturated rings. The summed E-state index contributed by atoms with van der Waals surface area (Å²) in [5.74, 6) is 0. The van der Waals surface area contributed by atoms with Crippen molar-refractivity contribution in [3.8, 4) is 0 Å². The number of hydrogen-bond acceptors (Lipinski definition) is 1. The molecule has 0 aliphatic carbocycles. The fourth-order valence-electron chi connectivity index (χ4n) is 1.76. The first-order chi connectivity index (χ1) is 7.13. The maximum absolute atomic E-state index is 10.6. The topological polar surface area (TPSA) is 32.9 Å². The number of fused-ring (bicyclic) bond motifs is 1. The van der Waals surface area contributed by atoms with Gasteiger partial charge in [0.05, 0.1) is 0 Å². The lowest BCUT2D eigenvalue weighted by atomic mass is 9.86. The van der Waals surface area contributed by atoms with E-state index >= 15 is 0 Å². The molecule has 0 bridgehead atoms. The van der Waals surface area contributed by atoms with Crippen molar-refractivity contribution in [2.45, 2.75) is 25.7 Å². The van der Waals surface area contributed by atoms with E-state index in [4.69, 9.17) is 0 Å². The molecular formula is C13H15NO. The number of rotatable bonds is 3. The molecule has 2 aromatic rings. The monoisotopic (exact) mass is 201 g/mol. The van der Waals surface area contributed by atoms with Crippen molar-refractivity contribution in [1.82, 2.24) is 4.98 Å². The Kier molecular flexibility index (Phi) is 2.35. The summed E-state index contributed by atoms with van der Waals surface area (Å²) >= 11 is 0. The minimum Gasteiger partial charge on any atom is -0.358 e. The molecule has 0 atom stereocenters. The van der Waals surface area contributed by atoms with Crippen LogP contribution in [-0.2, 0) is 10.2 Å². The zero-order valence-corrected chi connectivity index (χ0v) is 9.08. The van der Waals surface area contributed by atoms with Gasteiger partial charge in [-0.25, -0.2) is 0 Å². The maximum atomic E-state index is 10.6. The Balaban J connectivity index is 2.48. The van der Waals surface area contributed by atoms with E-state index in [-0.39, 0.29) is 5.41 Å². The highest BCUT2D eigenvalue weighted by Gasteiger charge is 2.21. The number of hydrogen-bond donors (Lipinski definition) is 1. The Hall–Kier alpha value is -1.57. The summed E-state index contributed by atoms with van der Waals surface area (Å²) in [6.07, 6.45) is 1.52. The summed E-state index contributed by atoms with van der Waals surface area (Å²) in [6, 6.07) is 10.3. The van der Waals surface area contributed by atoms with Gasteiger partial charge < -0.3 is 9.78 Å². The molecule has 2 nitrogen and oxygen atoms in total. The normalized spacial score (nSPS) is 11.9. The molecule has 1 aromatic carbocycles. The molecule has 0 saturated heterocycles. The average Bonchev–Trinajstić information content (AvgIpc) is 2.61. The number of para-hydroxylation sites is 1. The van der Waals surface area contributed by atoms with Crippen LogP contribution in [0.2, 0.25) is 0 Å². The fraction of sp³-hybridized carbons (Fsp3) is 0.308. The van der Waals surface area contributed by atoms with Crippen molar-refractivity contribution in [2.24, 2.45) is 0 Å². The molecule has 2 heteroatoms. The lowest BCUT2D eigenvalue weighted by Crippen LogP contribution is -2.17. The van der Waals surface area contributed by atoms with Gasteiger partial charge in [-0.3, -0.25) is 0 Å². The first kappa shape index (κ1) is 9.97. The Morgan fingerprint density at radius 2 is 2.07 bits per heavy atom. The van der Waals surface area contributed by atoms with E-state index < -0.39 is 0 Å². The fourth-order valence-corrected chi connectivity index (χ4v) is 1.76. The average molecular weight is 201 g/mol. The Morgan fingerprint density at radius 3 is 2.73 bits per heavy atom. The summed E-state index contributed by atoms with van der Waals surface area (Å²) < 4.78 is 0. The van der Waals surface area contributed by atoms with Gasteiger partial charge in [0.25, 0.3) is 0 Å². The van der Waals surface area contributed by atoms with Crippen molar-refractivity contribution in [3.05, 3.63) is 36.0 Å². The van der Waals surface area contributed by atoms with Crippen LogP contribution in [0.1, 0.15) is 26.0 Å². The van der Waals surface area contributed by atoms with Gasteiger partial charge in [0, 0.05) is 23.0 Å². The van der Waals surface area contributed by atoms with E-state index in [1.165, 1.54) is 5.39 Å². The number of benzene rings is 1. The summed E-state index contributed by atoms with van der Waals surface area (Å²) in [5.41, 5.74) is 2.14. The van der Waals surface area contributed by atoms with Gasteiger partial charge in [-0.05, 0) is 17.5 Å². The molecule has 1 heterocycles. The van der Waals surface area contributed by atoms with Crippen molar-refractivity contribution >= 4 is 17.2 Å². The van der Waals surface area contributed by atoms with E-state index in [1.807, 2.05) is 12.1 Å². The van der Waals surface area contributed by atoms with Crippen LogP contribution in [-0.4, -0.2) is 11.3 Å². The van der Waals surface area contributed by atoms with E-state index in [9.17, 15) is 4.79 Å². The zero-order valence-electron chi connectivity index (χ0n) is 9.08. The Bertz CT molecular complexity index is 449. The smallest absolute Gasteiger partial charge is 0.120 e. The van der Waals surface area contributed by atoms with Gasteiger partial charge in [-0.1, -0.05) is 32.0 Å². The molecule has 2 rings (SSSR count). The molecule has 0 aliphatic heterocycles. The molecule has 0 spiro atoms. The SMILES string of the molecule is CC(C)(CC=O)c1cc2ccccc2[nH]1. The van der Waals surface area contributed by atoms with Crippen LogP contribution in [0.4, 0.5) is 0 Å². The number of aromatic amines is 1. The van der Waals surface area contributed by atoms with Crippen molar-refractivity contribution in [3.63, 3.8) is 0 Å². The van der Waals surface area contributed by atoms with E-state index in [2.05, 4.69) is 37.0 Å². The third-order valence-electron chi connectivity index (χ3n) is 2.85. The van der Waals surface area contributed by atoms with Crippen LogP contribution in [0.15, 0.2) is 30.3 Å². The number of aromatic nitrogens is 1. The highest BCUT2D eigenvalue weighted by atomic mass is 16.1. The third kappa shape index (κ3) is 1.80. The predicted octanol–water partition coefficient (Wildman–Crippen LogP) is 3.03. The zero-order chi connectivity index (χ0) is 10.9. The van der Waals surface area contributed by atoms with Crippen molar-refractivity contribution < 1.29 is 4.79 Å². The van der Waals surface area contributed by atoms with E-state index in [0.29, 0.717) is 6.42 Å². The highest BCUT2D eigenvalue weighted by Crippen LogP contribution is 2.28. The second-order valence-electron chi connectivity index (χ2n) is 4.52. The minimum atomic E-state index is -0.110. The second kappa shape index (κ2) is 3.54. The molecule has 0 saturated carbocycles. The first-order valence-corrected chi connectivity index (χ1v) is 5.15. The quantitative estimate of drug-likeness (QED) is 0.761. The van der Waals surface area contributed by atoms with Gasteiger partial charge in [0.1, 0.15) is 6.29 Å². The summed E-state index contributed by atoms with van der Waals surface area (Å²) in [6.45, 7) is 4.15.